The van der Waals surface area contributed by atoms with Crippen molar-refractivity contribution in [1.29, 1.82) is 0 Å². The molecule has 0 radical (unpaired) electrons. The second-order valence-electron chi connectivity index (χ2n) is 2.91. The van der Waals surface area contributed by atoms with E-state index in [1.165, 1.54) is 0 Å². The molecule has 0 fully saturated rings. The maximum Gasteiger partial charge on any atom is 0.0713 e. The number of rotatable bonds is 6. The molecule has 0 bridgehead atoms. The van der Waals surface area contributed by atoms with Gasteiger partial charge in [-0.1, -0.05) is 26.2 Å². The molecule has 4 N–H and O–H groups in total. The minimum atomic E-state index is -0.536. The maximum atomic E-state index is 9.26. The summed E-state index contributed by atoms with van der Waals surface area (Å²) in [5.74, 6) is 0. The Kier molecular flexibility index (Phi) is 6.51. The SMILES string of the molecule is CCCCC[C@H](O)[C@@H](N)CO. The van der Waals surface area contributed by atoms with E-state index in [9.17, 15) is 5.11 Å². The number of aliphatic hydroxyl groups excluding tert-OH is 2. The Labute approximate surface area is 68.2 Å². The second kappa shape index (κ2) is 6.58. The van der Waals surface area contributed by atoms with E-state index in [-0.39, 0.29) is 6.61 Å². The van der Waals surface area contributed by atoms with Gasteiger partial charge in [-0.3, -0.25) is 0 Å². The molecule has 0 saturated heterocycles. The number of hydrogen-bond acceptors (Lipinski definition) is 3. The maximum absolute atomic E-state index is 9.26. The Morgan fingerprint density at radius 2 is 2.00 bits per heavy atom. The molecule has 0 aliphatic carbocycles. The van der Waals surface area contributed by atoms with E-state index in [0.29, 0.717) is 6.42 Å². The fourth-order valence-corrected chi connectivity index (χ4v) is 0.939. The second-order valence-corrected chi connectivity index (χ2v) is 2.91. The third kappa shape index (κ3) is 5.18. The first-order valence-electron chi connectivity index (χ1n) is 4.26. The van der Waals surface area contributed by atoms with Crippen LogP contribution in [-0.2, 0) is 0 Å². The van der Waals surface area contributed by atoms with Gasteiger partial charge in [-0.2, -0.15) is 0 Å². The quantitative estimate of drug-likeness (QED) is 0.489. The molecular weight excluding hydrogens is 142 g/mol. The predicted octanol–water partition coefficient (Wildman–Crippen LogP) is 0.247. The zero-order valence-corrected chi connectivity index (χ0v) is 7.16. The smallest absolute Gasteiger partial charge is 0.0713 e. The Bertz CT molecular complexity index is 88.2. The Morgan fingerprint density at radius 1 is 1.36 bits per heavy atom. The van der Waals surface area contributed by atoms with E-state index >= 15 is 0 Å². The topological polar surface area (TPSA) is 66.5 Å². The molecule has 0 aromatic heterocycles. The van der Waals surface area contributed by atoms with Crippen LogP contribution in [0.1, 0.15) is 32.6 Å². The van der Waals surface area contributed by atoms with Crippen LogP contribution in [0.2, 0.25) is 0 Å². The fraction of sp³-hybridized carbons (Fsp3) is 1.00. The van der Waals surface area contributed by atoms with Crippen molar-refractivity contribution in [3.05, 3.63) is 0 Å². The van der Waals surface area contributed by atoms with Gasteiger partial charge >= 0.3 is 0 Å². The highest BCUT2D eigenvalue weighted by atomic mass is 16.3. The molecule has 0 heterocycles. The molecule has 0 aliphatic heterocycles. The molecule has 11 heavy (non-hydrogen) atoms. The Morgan fingerprint density at radius 3 is 2.45 bits per heavy atom. The molecule has 0 rings (SSSR count). The molecular formula is C8H19NO2. The number of unbranched alkanes of at least 4 members (excludes halogenated alkanes) is 2. The van der Waals surface area contributed by atoms with Crippen molar-refractivity contribution in [3.8, 4) is 0 Å². The van der Waals surface area contributed by atoms with Crippen LogP contribution in [0.25, 0.3) is 0 Å². The molecule has 3 nitrogen and oxygen atoms in total. The molecule has 2 atom stereocenters. The van der Waals surface area contributed by atoms with Gasteiger partial charge in [-0.05, 0) is 6.42 Å². The third-order valence-electron chi connectivity index (χ3n) is 1.81. The standard InChI is InChI=1S/C8H19NO2/c1-2-3-4-5-8(11)7(9)6-10/h7-8,10-11H,2-6,9H2,1H3/t7-,8-/m0/s1. The molecule has 0 aliphatic rings. The summed E-state index contributed by atoms with van der Waals surface area (Å²) in [5.41, 5.74) is 5.40. The lowest BCUT2D eigenvalue weighted by Crippen LogP contribution is -2.37. The van der Waals surface area contributed by atoms with Crippen molar-refractivity contribution in [2.75, 3.05) is 6.61 Å². The van der Waals surface area contributed by atoms with E-state index in [1.54, 1.807) is 0 Å². The lowest BCUT2D eigenvalue weighted by atomic mass is 10.1. The van der Waals surface area contributed by atoms with Gasteiger partial charge in [0.1, 0.15) is 0 Å². The van der Waals surface area contributed by atoms with Gasteiger partial charge in [0.05, 0.1) is 18.8 Å². The van der Waals surface area contributed by atoms with Crippen molar-refractivity contribution in [1.82, 2.24) is 0 Å². The minimum absolute atomic E-state index is 0.132. The average molecular weight is 161 g/mol. The number of nitrogens with two attached hydrogens (primary N) is 1. The normalized spacial score (nSPS) is 16.4. The highest BCUT2D eigenvalue weighted by Gasteiger charge is 2.11. The van der Waals surface area contributed by atoms with E-state index in [0.717, 1.165) is 19.3 Å². The first-order valence-corrected chi connectivity index (χ1v) is 4.26. The number of hydrogen-bond donors (Lipinski definition) is 3. The first-order chi connectivity index (χ1) is 5.22. The molecule has 0 aromatic carbocycles. The van der Waals surface area contributed by atoms with Crippen LogP contribution in [0, 0.1) is 0 Å². The van der Waals surface area contributed by atoms with Crippen LogP contribution in [0.15, 0.2) is 0 Å². The molecule has 0 aromatic rings. The summed E-state index contributed by atoms with van der Waals surface area (Å²) >= 11 is 0. The van der Waals surface area contributed by atoms with Crippen LogP contribution in [0.4, 0.5) is 0 Å². The van der Waals surface area contributed by atoms with Crippen molar-refractivity contribution in [2.45, 2.75) is 44.8 Å². The number of aliphatic hydroxyl groups is 2. The van der Waals surface area contributed by atoms with Crippen molar-refractivity contribution >= 4 is 0 Å². The highest BCUT2D eigenvalue weighted by Crippen LogP contribution is 2.04. The third-order valence-corrected chi connectivity index (χ3v) is 1.81. The van der Waals surface area contributed by atoms with Gasteiger partial charge in [0.2, 0.25) is 0 Å². The van der Waals surface area contributed by atoms with Crippen LogP contribution in [0.5, 0.6) is 0 Å². The Balaban J connectivity index is 3.28. The summed E-state index contributed by atoms with van der Waals surface area (Å²) in [6, 6.07) is -0.466. The zero-order chi connectivity index (χ0) is 8.69. The van der Waals surface area contributed by atoms with Crippen LogP contribution >= 0.6 is 0 Å². The summed E-state index contributed by atoms with van der Waals surface area (Å²) in [6.07, 6.45) is 3.42. The van der Waals surface area contributed by atoms with Gasteiger partial charge in [0.25, 0.3) is 0 Å². The average Bonchev–Trinajstić information content (AvgIpc) is 2.03. The van der Waals surface area contributed by atoms with Gasteiger partial charge in [-0.25, -0.2) is 0 Å². The lowest BCUT2D eigenvalue weighted by Gasteiger charge is -2.15. The molecule has 0 amide bonds. The molecule has 68 valence electrons. The van der Waals surface area contributed by atoms with E-state index in [2.05, 4.69) is 6.92 Å². The van der Waals surface area contributed by atoms with Crippen molar-refractivity contribution in [3.63, 3.8) is 0 Å². The predicted molar refractivity (Wildman–Crippen MR) is 45.2 cm³/mol. The minimum Gasteiger partial charge on any atom is -0.395 e. The summed E-state index contributed by atoms with van der Waals surface area (Å²) in [4.78, 5) is 0. The van der Waals surface area contributed by atoms with Gasteiger partial charge < -0.3 is 15.9 Å². The van der Waals surface area contributed by atoms with Crippen molar-refractivity contribution < 1.29 is 10.2 Å². The lowest BCUT2D eigenvalue weighted by molar-refractivity contribution is 0.0991. The van der Waals surface area contributed by atoms with E-state index in [1.807, 2.05) is 0 Å². The highest BCUT2D eigenvalue weighted by molar-refractivity contribution is 4.69. The van der Waals surface area contributed by atoms with Crippen LogP contribution < -0.4 is 5.73 Å². The van der Waals surface area contributed by atoms with Gasteiger partial charge in [0, 0.05) is 0 Å². The monoisotopic (exact) mass is 161 g/mol. The molecule has 3 heteroatoms. The Hall–Kier alpha value is -0.120. The summed E-state index contributed by atoms with van der Waals surface area (Å²) in [7, 11) is 0. The van der Waals surface area contributed by atoms with Crippen LogP contribution in [-0.4, -0.2) is 29.0 Å². The van der Waals surface area contributed by atoms with Gasteiger partial charge in [-0.15, -0.1) is 0 Å². The fourth-order valence-electron chi connectivity index (χ4n) is 0.939. The summed E-state index contributed by atoms with van der Waals surface area (Å²) in [6.45, 7) is 1.98. The van der Waals surface area contributed by atoms with E-state index in [4.69, 9.17) is 10.8 Å². The van der Waals surface area contributed by atoms with Crippen molar-refractivity contribution in [2.24, 2.45) is 5.73 Å². The molecule has 0 saturated carbocycles. The summed E-state index contributed by atoms with van der Waals surface area (Å²) < 4.78 is 0. The molecule has 0 unspecified atom stereocenters. The zero-order valence-electron chi connectivity index (χ0n) is 7.16. The summed E-state index contributed by atoms with van der Waals surface area (Å²) in [5, 5.41) is 17.8. The van der Waals surface area contributed by atoms with E-state index < -0.39 is 12.1 Å². The van der Waals surface area contributed by atoms with Crippen LogP contribution in [0.3, 0.4) is 0 Å². The van der Waals surface area contributed by atoms with Gasteiger partial charge in [0.15, 0.2) is 0 Å². The molecule has 0 spiro atoms. The largest absolute Gasteiger partial charge is 0.395 e. The first kappa shape index (κ1) is 10.9.